The van der Waals surface area contributed by atoms with Crippen LogP contribution < -0.4 is 10.9 Å². The van der Waals surface area contributed by atoms with Crippen LogP contribution >= 0.6 is 0 Å². The molecule has 2 aromatic heterocycles. The third kappa shape index (κ3) is 3.88. The first-order chi connectivity index (χ1) is 12.6. The highest BCUT2D eigenvalue weighted by Gasteiger charge is 2.14. The highest BCUT2D eigenvalue weighted by molar-refractivity contribution is 5.92. The van der Waals surface area contributed by atoms with Crippen LogP contribution in [0.4, 0.5) is 0 Å². The third-order valence-corrected chi connectivity index (χ3v) is 4.08. The normalized spacial score (nSPS) is 11.9. The smallest absolute Gasteiger partial charge is 0.272 e. The molecule has 0 saturated carbocycles. The van der Waals surface area contributed by atoms with E-state index in [-0.39, 0.29) is 23.2 Å². The number of carbonyl (C=O) groups excluding carboxylic acids is 1. The average Bonchev–Trinajstić information content (AvgIpc) is 3.18. The van der Waals surface area contributed by atoms with Gasteiger partial charge >= 0.3 is 0 Å². The molecule has 26 heavy (non-hydrogen) atoms. The summed E-state index contributed by atoms with van der Waals surface area (Å²) < 4.78 is 3.23. The van der Waals surface area contributed by atoms with Crippen LogP contribution in [0.1, 0.15) is 42.4 Å². The minimum atomic E-state index is -0.305. The topological polar surface area (TPSA) is 81.8 Å². The van der Waals surface area contributed by atoms with E-state index < -0.39 is 0 Å². The summed E-state index contributed by atoms with van der Waals surface area (Å²) in [4.78, 5) is 28.2. The van der Waals surface area contributed by atoms with Crippen LogP contribution in [0.2, 0.25) is 0 Å². The first-order valence-electron chi connectivity index (χ1n) is 8.56. The molecule has 0 aliphatic heterocycles. The third-order valence-electron chi connectivity index (χ3n) is 4.08. The minimum absolute atomic E-state index is 0.187. The van der Waals surface area contributed by atoms with Gasteiger partial charge in [0.15, 0.2) is 0 Å². The van der Waals surface area contributed by atoms with Gasteiger partial charge in [-0.2, -0.15) is 5.10 Å². The fourth-order valence-electron chi connectivity index (χ4n) is 2.64. The molecule has 0 unspecified atom stereocenters. The van der Waals surface area contributed by atoms with Gasteiger partial charge in [0.05, 0.1) is 12.4 Å². The SMILES string of the molecule is CCCn1nc(C(=O)N[C@H](C)c2ccc(-n3ccnc3)cc2)ccc1=O. The lowest BCUT2D eigenvalue weighted by molar-refractivity contribution is 0.0932. The van der Waals surface area contributed by atoms with Crippen LogP contribution in [-0.4, -0.2) is 25.2 Å². The number of imidazole rings is 1. The van der Waals surface area contributed by atoms with Crippen LogP contribution in [0.15, 0.2) is 59.9 Å². The molecule has 0 saturated heterocycles. The van der Waals surface area contributed by atoms with Gasteiger partial charge in [0, 0.05) is 30.7 Å². The van der Waals surface area contributed by atoms with E-state index in [0.717, 1.165) is 17.7 Å². The van der Waals surface area contributed by atoms with Crippen LogP contribution in [-0.2, 0) is 6.54 Å². The van der Waals surface area contributed by atoms with Crippen molar-refractivity contribution in [3.05, 3.63) is 76.7 Å². The Hall–Kier alpha value is -3.22. The number of nitrogens with zero attached hydrogens (tertiary/aromatic N) is 4. The molecule has 0 fully saturated rings. The highest BCUT2D eigenvalue weighted by atomic mass is 16.2. The zero-order chi connectivity index (χ0) is 18.5. The average molecular weight is 351 g/mol. The number of aromatic nitrogens is 4. The zero-order valence-corrected chi connectivity index (χ0v) is 14.8. The van der Waals surface area contributed by atoms with Gasteiger partial charge in [0.25, 0.3) is 11.5 Å². The van der Waals surface area contributed by atoms with Crippen molar-refractivity contribution in [3.63, 3.8) is 0 Å². The van der Waals surface area contributed by atoms with E-state index in [1.165, 1.54) is 16.8 Å². The lowest BCUT2D eigenvalue weighted by atomic mass is 10.1. The summed E-state index contributed by atoms with van der Waals surface area (Å²) in [6.45, 7) is 4.35. The van der Waals surface area contributed by atoms with Crippen molar-refractivity contribution in [1.29, 1.82) is 0 Å². The van der Waals surface area contributed by atoms with E-state index in [1.807, 2.05) is 48.9 Å². The van der Waals surface area contributed by atoms with Crippen molar-refractivity contribution in [2.45, 2.75) is 32.9 Å². The van der Waals surface area contributed by atoms with Crippen LogP contribution in [0.25, 0.3) is 5.69 Å². The second kappa shape index (κ2) is 7.77. The largest absolute Gasteiger partial charge is 0.344 e. The first kappa shape index (κ1) is 17.6. The monoisotopic (exact) mass is 351 g/mol. The molecular formula is C19H21N5O2. The van der Waals surface area contributed by atoms with Gasteiger partial charge in [-0.25, -0.2) is 9.67 Å². The summed E-state index contributed by atoms with van der Waals surface area (Å²) in [5.74, 6) is -0.305. The Morgan fingerprint density at radius 2 is 1.96 bits per heavy atom. The maximum atomic E-state index is 12.4. The number of carbonyl (C=O) groups is 1. The maximum absolute atomic E-state index is 12.4. The molecule has 3 rings (SSSR count). The first-order valence-corrected chi connectivity index (χ1v) is 8.56. The van der Waals surface area contributed by atoms with Gasteiger partial charge in [-0.3, -0.25) is 9.59 Å². The van der Waals surface area contributed by atoms with Crippen molar-refractivity contribution >= 4 is 5.91 Å². The fourth-order valence-corrected chi connectivity index (χ4v) is 2.64. The van der Waals surface area contributed by atoms with Crippen LogP contribution in [0, 0.1) is 0 Å². The van der Waals surface area contributed by atoms with Crippen molar-refractivity contribution < 1.29 is 4.79 Å². The van der Waals surface area contributed by atoms with Gasteiger partial charge in [-0.05, 0) is 37.1 Å². The van der Waals surface area contributed by atoms with Crippen molar-refractivity contribution in [1.82, 2.24) is 24.6 Å². The molecule has 2 heterocycles. The Balaban J connectivity index is 1.71. The number of rotatable bonds is 6. The quantitative estimate of drug-likeness (QED) is 0.739. The summed E-state index contributed by atoms with van der Waals surface area (Å²) in [7, 11) is 0. The second-order valence-electron chi connectivity index (χ2n) is 6.04. The van der Waals surface area contributed by atoms with E-state index >= 15 is 0 Å². The summed E-state index contributed by atoms with van der Waals surface area (Å²) in [5.41, 5.74) is 2.01. The fraction of sp³-hybridized carbons (Fsp3) is 0.263. The predicted molar refractivity (Wildman–Crippen MR) is 98.2 cm³/mol. The standard InChI is InChI=1S/C19H21N5O2/c1-3-11-24-18(25)9-8-17(22-24)19(26)21-14(2)15-4-6-16(7-5-15)23-12-10-20-13-23/h4-10,12-14H,3,11H2,1-2H3,(H,21,26)/t14-/m1/s1. The molecular weight excluding hydrogens is 330 g/mol. The molecule has 134 valence electrons. The second-order valence-corrected chi connectivity index (χ2v) is 6.04. The molecule has 7 nitrogen and oxygen atoms in total. The Labute approximate surface area is 151 Å². The number of hydrogen-bond donors (Lipinski definition) is 1. The van der Waals surface area contributed by atoms with Crippen molar-refractivity contribution in [3.8, 4) is 5.69 Å². The Kier molecular flexibility index (Phi) is 5.26. The summed E-state index contributed by atoms with van der Waals surface area (Å²) in [6, 6.07) is 10.5. The molecule has 3 aromatic rings. The zero-order valence-electron chi connectivity index (χ0n) is 14.8. The molecule has 1 amide bonds. The summed E-state index contributed by atoms with van der Waals surface area (Å²) >= 11 is 0. The highest BCUT2D eigenvalue weighted by Crippen LogP contribution is 2.16. The molecule has 1 aromatic carbocycles. The summed E-state index contributed by atoms with van der Waals surface area (Å²) in [6.07, 6.45) is 6.10. The Morgan fingerprint density at radius 3 is 2.62 bits per heavy atom. The van der Waals surface area contributed by atoms with Gasteiger partial charge < -0.3 is 9.88 Å². The Morgan fingerprint density at radius 1 is 1.19 bits per heavy atom. The number of amides is 1. The van der Waals surface area contributed by atoms with Gasteiger partial charge in [0.1, 0.15) is 5.69 Å². The molecule has 1 atom stereocenters. The van der Waals surface area contributed by atoms with Gasteiger partial charge in [0.2, 0.25) is 0 Å². The van der Waals surface area contributed by atoms with E-state index in [0.29, 0.717) is 6.54 Å². The van der Waals surface area contributed by atoms with E-state index in [9.17, 15) is 9.59 Å². The molecule has 0 bridgehead atoms. The van der Waals surface area contributed by atoms with Gasteiger partial charge in [-0.15, -0.1) is 0 Å². The molecule has 0 spiro atoms. The minimum Gasteiger partial charge on any atom is -0.344 e. The molecule has 7 heteroatoms. The van der Waals surface area contributed by atoms with Crippen LogP contribution in [0.3, 0.4) is 0 Å². The van der Waals surface area contributed by atoms with E-state index in [1.54, 1.807) is 12.5 Å². The van der Waals surface area contributed by atoms with Crippen molar-refractivity contribution in [2.24, 2.45) is 0 Å². The lowest BCUT2D eigenvalue weighted by Gasteiger charge is -2.15. The number of aryl methyl sites for hydroxylation is 1. The molecule has 0 aliphatic rings. The molecule has 0 aliphatic carbocycles. The lowest BCUT2D eigenvalue weighted by Crippen LogP contribution is -2.31. The maximum Gasteiger partial charge on any atom is 0.272 e. The van der Waals surface area contributed by atoms with E-state index in [4.69, 9.17) is 0 Å². The number of benzene rings is 1. The predicted octanol–water partition coefficient (Wildman–Crippen LogP) is 2.33. The van der Waals surface area contributed by atoms with E-state index in [2.05, 4.69) is 15.4 Å². The Bertz CT molecular complexity index is 929. The number of hydrogen-bond acceptors (Lipinski definition) is 4. The molecule has 0 radical (unpaired) electrons. The van der Waals surface area contributed by atoms with Crippen LogP contribution in [0.5, 0.6) is 0 Å². The van der Waals surface area contributed by atoms with Crippen molar-refractivity contribution in [2.75, 3.05) is 0 Å². The summed E-state index contributed by atoms with van der Waals surface area (Å²) in [5, 5.41) is 7.06. The number of nitrogens with one attached hydrogen (secondary N) is 1. The van der Waals surface area contributed by atoms with Gasteiger partial charge in [-0.1, -0.05) is 19.1 Å². The molecule has 1 N–H and O–H groups in total.